The molecule has 0 saturated heterocycles. The molecule has 3 rings (SSSR count). The number of carbonyl (C=O) groups is 1. The summed E-state index contributed by atoms with van der Waals surface area (Å²) in [5.74, 6) is 1.42. The molecule has 122 valence electrons. The van der Waals surface area contributed by atoms with Crippen LogP contribution < -0.4 is 10.1 Å². The van der Waals surface area contributed by atoms with Crippen molar-refractivity contribution >= 4 is 5.91 Å². The lowest BCUT2D eigenvalue weighted by atomic mass is 10.2. The number of hydrogen-bond donors (Lipinski definition) is 1. The fourth-order valence-corrected chi connectivity index (χ4v) is 2.09. The molecule has 2 aromatic heterocycles. The molecule has 24 heavy (non-hydrogen) atoms. The van der Waals surface area contributed by atoms with Crippen molar-refractivity contribution in [2.24, 2.45) is 0 Å². The van der Waals surface area contributed by atoms with E-state index in [1.54, 1.807) is 49.8 Å². The van der Waals surface area contributed by atoms with E-state index in [1.807, 2.05) is 6.07 Å². The monoisotopic (exact) mass is 324 g/mol. The Morgan fingerprint density at radius 3 is 2.75 bits per heavy atom. The van der Waals surface area contributed by atoms with E-state index in [-0.39, 0.29) is 5.91 Å². The standard InChI is InChI=1S/C17H16N4O3/c1-23-14-6-4-12(5-7-14)16(22)19-10-8-15-20-21-17(24-15)13-3-2-9-18-11-13/h2-7,9,11H,8,10H2,1H3,(H,19,22). The first kappa shape index (κ1) is 15.7. The zero-order valence-corrected chi connectivity index (χ0v) is 13.1. The van der Waals surface area contributed by atoms with Crippen molar-refractivity contribution < 1.29 is 13.9 Å². The molecule has 0 aliphatic carbocycles. The van der Waals surface area contributed by atoms with Crippen LogP contribution in [0.1, 0.15) is 16.2 Å². The van der Waals surface area contributed by atoms with Gasteiger partial charge in [-0.3, -0.25) is 9.78 Å². The summed E-state index contributed by atoms with van der Waals surface area (Å²) in [7, 11) is 1.58. The van der Waals surface area contributed by atoms with Gasteiger partial charge < -0.3 is 14.5 Å². The van der Waals surface area contributed by atoms with Crippen molar-refractivity contribution in [3.8, 4) is 17.2 Å². The van der Waals surface area contributed by atoms with Crippen LogP contribution in [-0.2, 0) is 6.42 Å². The zero-order chi connectivity index (χ0) is 16.8. The molecule has 0 aliphatic rings. The molecule has 0 fully saturated rings. The molecule has 0 bridgehead atoms. The maximum absolute atomic E-state index is 12.0. The van der Waals surface area contributed by atoms with Crippen molar-refractivity contribution in [3.63, 3.8) is 0 Å². The highest BCUT2D eigenvalue weighted by atomic mass is 16.5. The Kier molecular flexibility index (Phi) is 4.81. The van der Waals surface area contributed by atoms with Gasteiger partial charge in [0, 0.05) is 30.9 Å². The second kappa shape index (κ2) is 7.36. The number of hydrogen-bond acceptors (Lipinski definition) is 6. The number of rotatable bonds is 6. The van der Waals surface area contributed by atoms with Gasteiger partial charge in [-0.1, -0.05) is 0 Å². The van der Waals surface area contributed by atoms with Crippen LogP contribution in [0.25, 0.3) is 11.5 Å². The van der Waals surface area contributed by atoms with Gasteiger partial charge in [-0.15, -0.1) is 10.2 Å². The van der Waals surface area contributed by atoms with Crippen molar-refractivity contribution in [3.05, 3.63) is 60.2 Å². The van der Waals surface area contributed by atoms with Crippen LogP contribution in [0.15, 0.2) is 53.2 Å². The summed E-state index contributed by atoms with van der Waals surface area (Å²) in [5, 5.41) is 10.8. The van der Waals surface area contributed by atoms with Gasteiger partial charge >= 0.3 is 0 Å². The Hall–Kier alpha value is -3.22. The van der Waals surface area contributed by atoms with Gasteiger partial charge in [0.25, 0.3) is 5.91 Å². The predicted octanol–water partition coefficient (Wildman–Crippen LogP) is 2.11. The van der Waals surface area contributed by atoms with E-state index in [2.05, 4.69) is 20.5 Å². The minimum absolute atomic E-state index is 0.162. The van der Waals surface area contributed by atoms with Gasteiger partial charge in [-0.05, 0) is 36.4 Å². The minimum Gasteiger partial charge on any atom is -0.497 e. The van der Waals surface area contributed by atoms with E-state index < -0.39 is 0 Å². The Bertz CT molecular complexity index is 800. The summed E-state index contributed by atoms with van der Waals surface area (Å²) in [6.45, 7) is 0.402. The molecule has 7 nitrogen and oxygen atoms in total. The number of aromatic nitrogens is 3. The van der Waals surface area contributed by atoms with Crippen LogP contribution in [-0.4, -0.2) is 34.7 Å². The molecule has 2 heterocycles. The van der Waals surface area contributed by atoms with Crippen LogP contribution in [0.3, 0.4) is 0 Å². The smallest absolute Gasteiger partial charge is 0.251 e. The summed E-state index contributed by atoms with van der Waals surface area (Å²) < 4.78 is 10.6. The van der Waals surface area contributed by atoms with Crippen molar-refractivity contribution in [1.29, 1.82) is 0 Å². The van der Waals surface area contributed by atoms with Crippen LogP contribution >= 0.6 is 0 Å². The molecule has 1 N–H and O–H groups in total. The SMILES string of the molecule is COc1ccc(C(=O)NCCc2nnc(-c3cccnc3)o2)cc1. The fourth-order valence-electron chi connectivity index (χ4n) is 2.09. The maximum Gasteiger partial charge on any atom is 0.251 e. The second-order valence-electron chi connectivity index (χ2n) is 4.98. The van der Waals surface area contributed by atoms with Gasteiger partial charge in [0.1, 0.15) is 5.75 Å². The summed E-state index contributed by atoms with van der Waals surface area (Å²) in [6, 6.07) is 10.5. The van der Waals surface area contributed by atoms with Crippen LogP contribution in [0.5, 0.6) is 5.75 Å². The molecule has 3 aromatic rings. The quantitative estimate of drug-likeness (QED) is 0.747. The van der Waals surface area contributed by atoms with Crippen LogP contribution in [0, 0.1) is 0 Å². The maximum atomic E-state index is 12.0. The first-order valence-corrected chi connectivity index (χ1v) is 7.41. The van der Waals surface area contributed by atoms with E-state index in [1.165, 1.54) is 0 Å². The highest BCUT2D eigenvalue weighted by Crippen LogP contribution is 2.16. The number of carbonyl (C=O) groups excluding carboxylic acids is 1. The highest BCUT2D eigenvalue weighted by Gasteiger charge is 2.10. The molecular formula is C17H16N4O3. The normalized spacial score (nSPS) is 10.4. The van der Waals surface area contributed by atoms with Crippen LogP contribution in [0.4, 0.5) is 0 Å². The fraction of sp³-hybridized carbons (Fsp3) is 0.176. The third-order valence-electron chi connectivity index (χ3n) is 3.35. The van der Waals surface area contributed by atoms with Crippen molar-refractivity contribution in [1.82, 2.24) is 20.5 Å². The summed E-state index contributed by atoms with van der Waals surface area (Å²) >= 11 is 0. The molecule has 0 unspecified atom stereocenters. The topological polar surface area (TPSA) is 90.1 Å². The first-order valence-electron chi connectivity index (χ1n) is 7.41. The Balaban J connectivity index is 1.53. The molecule has 0 aliphatic heterocycles. The summed E-state index contributed by atoms with van der Waals surface area (Å²) in [5.41, 5.74) is 1.33. The third-order valence-corrected chi connectivity index (χ3v) is 3.35. The van der Waals surface area contributed by atoms with E-state index in [4.69, 9.17) is 9.15 Å². The Labute approximate surface area is 138 Å². The molecule has 1 aromatic carbocycles. The lowest BCUT2D eigenvalue weighted by Gasteiger charge is -2.04. The number of amides is 1. The van der Waals surface area contributed by atoms with Gasteiger partial charge in [0.05, 0.1) is 12.7 Å². The lowest BCUT2D eigenvalue weighted by Crippen LogP contribution is -2.25. The van der Waals surface area contributed by atoms with E-state index in [9.17, 15) is 4.79 Å². The molecule has 0 saturated carbocycles. The average molecular weight is 324 g/mol. The zero-order valence-electron chi connectivity index (χ0n) is 13.1. The molecule has 0 atom stereocenters. The van der Waals surface area contributed by atoms with E-state index in [0.717, 1.165) is 5.56 Å². The van der Waals surface area contributed by atoms with Gasteiger partial charge in [0.2, 0.25) is 11.8 Å². The number of methoxy groups -OCH3 is 1. The number of ether oxygens (including phenoxy) is 1. The summed E-state index contributed by atoms with van der Waals surface area (Å²) in [6.07, 6.45) is 3.79. The number of benzene rings is 1. The highest BCUT2D eigenvalue weighted by molar-refractivity contribution is 5.94. The van der Waals surface area contributed by atoms with E-state index in [0.29, 0.717) is 36.1 Å². The van der Waals surface area contributed by atoms with Gasteiger partial charge in [0.15, 0.2) is 0 Å². The predicted molar refractivity (Wildman–Crippen MR) is 86.6 cm³/mol. The third kappa shape index (κ3) is 3.75. The molecule has 1 amide bonds. The Morgan fingerprint density at radius 2 is 2.04 bits per heavy atom. The summed E-state index contributed by atoms with van der Waals surface area (Å²) in [4.78, 5) is 16.0. The lowest BCUT2D eigenvalue weighted by molar-refractivity contribution is 0.0953. The van der Waals surface area contributed by atoms with Gasteiger partial charge in [-0.2, -0.15) is 0 Å². The second-order valence-corrected chi connectivity index (χ2v) is 4.98. The van der Waals surface area contributed by atoms with E-state index >= 15 is 0 Å². The largest absolute Gasteiger partial charge is 0.497 e. The average Bonchev–Trinajstić information content (AvgIpc) is 3.11. The molecule has 0 spiro atoms. The first-order chi connectivity index (χ1) is 11.8. The number of nitrogens with one attached hydrogen (secondary N) is 1. The molecular weight excluding hydrogens is 308 g/mol. The van der Waals surface area contributed by atoms with Crippen LogP contribution in [0.2, 0.25) is 0 Å². The van der Waals surface area contributed by atoms with Crippen molar-refractivity contribution in [2.45, 2.75) is 6.42 Å². The molecule has 7 heteroatoms. The number of nitrogens with zero attached hydrogens (tertiary/aromatic N) is 3. The minimum atomic E-state index is -0.162. The molecule has 0 radical (unpaired) electrons. The Morgan fingerprint density at radius 1 is 1.21 bits per heavy atom. The number of pyridine rings is 1. The van der Waals surface area contributed by atoms with Gasteiger partial charge in [-0.25, -0.2) is 0 Å². The van der Waals surface area contributed by atoms with Crippen molar-refractivity contribution in [2.75, 3.05) is 13.7 Å².